The van der Waals surface area contributed by atoms with Crippen LogP contribution < -0.4 is 0 Å². The van der Waals surface area contributed by atoms with Crippen molar-refractivity contribution in [3.8, 4) is 22.8 Å². The summed E-state index contributed by atoms with van der Waals surface area (Å²) in [6.45, 7) is 0. The molecular formula is C15H10N6. The number of rotatable bonds is 3. The third-order valence-electron chi connectivity index (χ3n) is 2.82. The van der Waals surface area contributed by atoms with Crippen LogP contribution in [0.3, 0.4) is 0 Å². The van der Waals surface area contributed by atoms with Crippen LogP contribution >= 0.6 is 0 Å². The summed E-state index contributed by atoms with van der Waals surface area (Å²) in [6, 6.07) is 19.0. The first-order valence-corrected chi connectivity index (χ1v) is 6.29. The van der Waals surface area contributed by atoms with Crippen molar-refractivity contribution >= 4 is 5.95 Å². The smallest absolute Gasteiger partial charge is 0.208 e. The van der Waals surface area contributed by atoms with E-state index in [2.05, 4.69) is 25.0 Å². The Morgan fingerprint density at radius 2 is 1.19 bits per heavy atom. The second kappa shape index (κ2) is 5.81. The summed E-state index contributed by atoms with van der Waals surface area (Å²) >= 11 is 0. The minimum Gasteiger partial charge on any atom is -0.208 e. The van der Waals surface area contributed by atoms with Crippen molar-refractivity contribution in [3.63, 3.8) is 0 Å². The molecule has 0 aliphatic carbocycles. The van der Waals surface area contributed by atoms with Crippen molar-refractivity contribution in [3.05, 3.63) is 71.1 Å². The van der Waals surface area contributed by atoms with Crippen LogP contribution in [0, 0.1) is 0 Å². The lowest BCUT2D eigenvalue weighted by molar-refractivity contribution is 1.05. The van der Waals surface area contributed by atoms with E-state index in [0.717, 1.165) is 11.1 Å². The van der Waals surface area contributed by atoms with E-state index in [1.54, 1.807) is 0 Å². The summed E-state index contributed by atoms with van der Waals surface area (Å²) in [6.07, 6.45) is 0. The first-order valence-electron chi connectivity index (χ1n) is 6.29. The van der Waals surface area contributed by atoms with Crippen LogP contribution in [0.2, 0.25) is 0 Å². The van der Waals surface area contributed by atoms with Crippen molar-refractivity contribution in [2.75, 3.05) is 0 Å². The van der Waals surface area contributed by atoms with E-state index in [1.807, 2.05) is 60.7 Å². The maximum absolute atomic E-state index is 8.60. The lowest BCUT2D eigenvalue weighted by Crippen LogP contribution is -1.96. The van der Waals surface area contributed by atoms with Gasteiger partial charge in [0, 0.05) is 16.0 Å². The number of hydrogen-bond donors (Lipinski definition) is 0. The molecule has 0 bridgehead atoms. The Labute approximate surface area is 120 Å². The monoisotopic (exact) mass is 274 g/mol. The van der Waals surface area contributed by atoms with E-state index in [-0.39, 0.29) is 5.95 Å². The summed E-state index contributed by atoms with van der Waals surface area (Å²) in [4.78, 5) is 15.6. The molecule has 0 atom stereocenters. The molecule has 0 saturated heterocycles. The van der Waals surface area contributed by atoms with Gasteiger partial charge >= 0.3 is 0 Å². The topological polar surface area (TPSA) is 87.4 Å². The normalized spacial score (nSPS) is 9.90. The fourth-order valence-corrected chi connectivity index (χ4v) is 1.88. The Morgan fingerprint density at radius 1 is 0.714 bits per heavy atom. The Bertz CT molecular complexity index is 737. The minimum atomic E-state index is 0.0604. The molecule has 6 heteroatoms. The number of benzene rings is 2. The Hall–Kier alpha value is -3.24. The fraction of sp³-hybridized carbons (Fsp3) is 0. The van der Waals surface area contributed by atoms with Crippen LogP contribution in [0.15, 0.2) is 65.8 Å². The molecule has 0 spiro atoms. The predicted octanol–water partition coefficient (Wildman–Crippen LogP) is 4.15. The van der Waals surface area contributed by atoms with Crippen LogP contribution in [-0.2, 0) is 0 Å². The Kier molecular flexibility index (Phi) is 3.54. The first-order chi connectivity index (χ1) is 10.4. The van der Waals surface area contributed by atoms with E-state index in [1.165, 1.54) is 0 Å². The molecule has 0 N–H and O–H groups in total. The highest BCUT2D eigenvalue weighted by Crippen LogP contribution is 2.22. The molecule has 100 valence electrons. The number of nitrogens with zero attached hydrogens (tertiary/aromatic N) is 6. The van der Waals surface area contributed by atoms with E-state index < -0.39 is 0 Å². The van der Waals surface area contributed by atoms with Gasteiger partial charge in [-0.25, -0.2) is 15.0 Å². The SMILES string of the molecule is [N-]=[N+]=Nc1nc(-c2ccccc2)nc(-c2ccccc2)n1. The zero-order valence-electron chi connectivity index (χ0n) is 11.0. The molecule has 2 aromatic carbocycles. The second-order valence-electron chi connectivity index (χ2n) is 4.20. The van der Waals surface area contributed by atoms with Crippen molar-refractivity contribution in [1.82, 2.24) is 15.0 Å². The molecule has 0 saturated carbocycles. The third-order valence-corrected chi connectivity index (χ3v) is 2.82. The van der Waals surface area contributed by atoms with E-state index in [4.69, 9.17) is 5.53 Å². The van der Waals surface area contributed by atoms with Gasteiger partial charge in [-0.3, -0.25) is 0 Å². The lowest BCUT2D eigenvalue weighted by atomic mass is 10.2. The molecule has 0 unspecified atom stereocenters. The van der Waals surface area contributed by atoms with Gasteiger partial charge in [-0.2, -0.15) is 0 Å². The summed E-state index contributed by atoms with van der Waals surface area (Å²) in [7, 11) is 0. The third kappa shape index (κ3) is 2.86. The Morgan fingerprint density at radius 3 is 1.62 bits per heavy atom. The van der Waals surface area contributed by atoms with Crippen LogP contribution in [0.1, 0.15) is 0 Å². The molecule has 0 aliphatic heterocycles. The van der Waals surface area contributed by atoms with E-state index in [9.17, 15) is 0 Å². The van der Waals surface area contributed by atoms with Gasteiger partial charge in [0.1, 0.15) is 0 Å². The summed E-state index contributed by atoms with van der Waals surface area (Å²) in [5.74, 6) is 1.02. The molecule has 0 amide bonds. The summed E-state index contributed by atoms with van der Waals surface area (Å²) in [5, 5.41) is 3.50. The molecule has 1 heterocycles. The maximum Gasteiger partial charge on any atom is 0.220 e. The molecule has 21 heavy (non-hydrogen) atoms. The van der Waals surface area contributed by atoms with Gasteiger partial charge in [0.25, 0.3) is 0 Å². The highest BCUT2D eigenvalue weighted by molar-refractivity contribution is 5.62. The molecule has 0 aliphatic rings. The van der Waals surface area contributed by atoms with Gasteiger partial charge < -0.3 is 0 Å². The quantitative estimate of drug-likeness (QED) is 0.408. The Balaban J connectivity index is 2.18. The van der Waals surface area contributed by atoms with Crippen LogP contribution in [-0.4, -0.2) is 15.0 Å². The average Bonchev–Trinajstić information content (AvgIpc) is 2.56. The van der Waals surface area contributed by atoms with Crippen LogP contribution in [0.5, 0.6) is 0 Å². The zero-order valence-corrected chi connectivity index (χ0v) is 11.0. The van der Waals surface area contributed by atoms with Crippen molar-refractivity contribution in [2.24, 2.45) is 5.11 Å². The predicted molar refractivity (Wildman–Crippen MR) is 79.5 cm³/mol. The van der Waals surface area contributed by atoms with Crippen molar-refractivity contribution in [2.45, 2.75) is 0 Å². The summed E-state index contributed by atoms with van der Waals surface area (Å²) < 4.78 is 0. The molecule has 3 rings (SSSR count). The van der Waals surface area contributed by atoms with Gasteiger partial charge in [0.15, 0.2) is 11.6 Å². The van der Waals surface area contributed by atoms with Crippen molar-refractivity contribution < 1.29 is 0 Å². The highest BCUT2D eigenvalue weighted by Gasteiger charge is 2.08. The molecule has 1 aromatic heterocycles. The molecule has 0 fully saturated rings. The van der Waals surface area contributed by atoms with Gasteiger partial charge in [-0.05, 0) is 10.6 Å². The van der Waals surface area contributed by atoms with E-state index >= 15 is 0 Å². The second-order valence-corrected chi connectivity index (χ2v) is 4.20. The standard InChI is InChI=1S/C15H10N6/c16-21-20-15-18-13(11-7-3-1-4-8-11)17-14(19-15)12-9-5-2-6-10-12/h1-10H. The van der Waals surface area contributed by atoms with Gasteiger partial charge in [0.05, 0.1) is 0 Å². The maximum atomic E-state index is 8.60. The molecule has 3 aromatic rings. The van der Waals surface area contributed by atoms with E-state index in [0.29, 0.717) is 11.6 Å². The zero-order chi connectivity index (χ0) is 14.5. The first kappa shape index (κ1) is 12.8. The van der Waals surface area contributed by atoms with Crippen LogP contribution in [0.4, 0.5) is 5.95 Å². The number of aromatic nitrogens is 3. The van der Waals surface area contributed by atoms with Gasteiger partial charge in [-0.15, -0.1) is 0 Å². The fourth-order valence-electron chi connectivity index (χ4n) is 1.88. The highest BCUT2D eigenvalue weighted by atomic mass is 15.2. The van der Waals surface area contributed by atoms with Gasteiger partial charge in [-0.1, -0.05) is 60.7 Å². The van der Waals surface area contributed by atoms with Crippen LogP contribution in [0.25, 0.3) is 33.2 Å². The minimum absolute atomic E-state index is 0.0604. The largest absolute Gasteiger partial charge is 0.220 e. The lowest BCUT2D eigenvalue weighted by Gasteiger charge is -2.05. The summed E-state index contributed by atoms with van der Waals surface area (Å²) in [5.41, 5.74) is 10.3. The molecular weight excluding hydrogens is 264 g/mol. The average molecular weight is 274 g/mol. The number of hydrogen-bond acceptors (Lipinski definition) is 4. The molecule has 0 radical (unpaired) electrons. The number of azide groups is 1. The van der Waals surface area contributed by atoms with Crippen molar-refractivity contribution in [1.29, 1.82) is 0 Å². The molecule has 6 nitrogen and oxygen atoms in total. The van der Waals surface area contributed by atoms with Gasteiger partial charge in [0.2, 0.25) is 5.95 Å².